The Balaban J connectivity index is 1.52. The second-order valence-corrected chi connectivity index (χ2v) is 7.55. The Morgan fingerprint density at radius 1 is 0.903 bits per heavy atom. The van der Waals surface area contributed by atoms with Gasteiger partial charge in [0.2, 0.25) is 5.91 Å². The van der Waals surface area contributed by atoms with Crippen LogP contribution < -0.4 is 20.3 Å². The van der Waals surface area contributed by atoms with Crippen LogP contribution in [0, 0.1) is 5.92 Å². The van der Waals surface area contributed by atoms with E-state index in [2.05, 4.69) is 10.9 Å². The number of likely N-dealkylation sites (tertiary alicyclic amines) is 1. The van der Waals surface area contributed by atoms with Gasteiger partial charge in [0.1, 0.15) is 11.5 Å². The largest absolute Gasteiger partial charge is 0.497 e. The number of amides is 3. The standard InChI is InChI=1S/C22H24ClN3O5/c1-30-18-11-16(12-19(13-18)31-2)22(29)26-9-7-15(8-10-26)21(28)25-24-20(27)14-3-5-17(23)6-4-14/h3-6,11-13,15H,7-10H2,1-2H3,(H,24,27)(H,25,28). The van der Waals surface area contributed by atoms with Gasteiger partial charge in [0, 0.05) is 41.2 Å². The van der Waals surface area contributed by atoms with Crippen LogP contribution in [0.15, 0.2) is 42.5 Å². The number of methoxy groups -OCH3 is 2. The van der Waals surface area contributed by atoms with Crippen LogP contribution in [0.3, 0.4) is 0 Å². The molecule has 0 saturated carbocycles. The van der Waals surface area contributed by atoms with Gasteiger partial charge in [-0.3, -0.25) is 25.2 Å². The number of hydrogen-bond donors (Lipinski definition) is 2. The van der Waals surface area contributed by atoms with Crippen LogP contribution in [-0.2, 0) is 4.79 Å². The van der Waals surface area contributed by atoms with Gasteiger partial charge in [-0.05, 0) is 49.2 Å². The van der Waals surface area contributed by atoms with Crippen molar-refractivity contribution in [2.75, 3.05) is 27.3 Å². The van der Waals surface area contributed by atoms with E-state index in [4.69, 9.17) is 21.1 Å². The van der Waals surface area contributed by atoms with Crippen molar-refractivity contribution in [3.8, 4) is 11.5 Å². The Morgan fingerprint density at radius 2 is 1.48 bits per heavy atom. The molecule has 3 rings (SSSR count). The highest BCUT2D eigenvalue weighted by Crippen LogP contribution is 2.25. The quantitative estimate of drug-likeness (QED) is 0.690. The fraction of sp³-hybridized carbons (Fsp3) is 0.318. The summed E-state index contributed by atoms with van der Waals surface area (Å²) in [7, 11) is 3.05. The Labute approximate surface area is 185 Å². The molecule has 2 aromatic rings. The average Bonchev–Trinajstić information content (AvgIpc) is 2.81. The number of hydrazine groups is 1. The predicted molar refractivity (Wildman–Crippen MR) is 115 cm³/mol. The molecule has 164 valence electrons. The Bertz CT molecular complexity index is 934. The van der Waals surface area contributed by atoms with Gasteiger partial charge in [0.15, 0.2) is 0 Å². The molecular weight excluding hydrogens is 422 g/mol. The summed E-state index contributed by atoms with van der Waals surface area (Å²) in [6.45, 7) is 0.864. The van der Waals surface area contributed by atoms with Crippen molar-refractivity contribution in [2.24, 2.45) is 5.92 Å². The Hall–Kier alpha value is -3.26. The highest BCUT2D eigenvalue weighted by atomic mass is 35.5. The van der Waals surface area contributed by atoms with E-state index in [0.29, 0.717) is 53.6 Å². The number of benzene rings is 2. The topological polar surface area (TPSA) is 97.0 Å². The van der Waals surface area contributed by atoms with E-state index < -0.39 is 5.91 Å². The third kappa shape index (κ3) is 5.67. The lowest BCUT2D eigenvalue weighted by atomic mass is 9.95. The fourth-order valence-corrected chi connectivity index (χ4v) is 3.48. The molecule has 0 unspecified atom stereocenters. The molecule has 1 heterocycles. The van der Waals surface area contributed by atoms with Gasteiger partial charge in [-0.15, -0.1) is 0 Å². The molecule has 2 N–H and O–H groups in total. The number of nitrogens with one attached hydrogen (secondary N) is 2. The van der Waals surface area contributed by atoms with Crippen LogP contribution in [0.1, 0.15) is 33.6 Å². The normalized spacial score (nSPS) is 14.0. The van der Waals surface area contributed by atoms with E-state index in [1.165, 1.54) is 14.2 Å². The lowest BCUT2D eigenvalue weighted by Gasteiger charge is -2.31. The Morgan fingerprint density at radius 3 is 2.03 bits per heavy atom. The van der Waals surface area contributed by atoms with Crippen LogP contribution in [0.25, 0.3) is 0 Å². The first-order chi connectivity index (χ1) is 14.9. The van der Waals surface area contributed by atoms with Crippen LogP contribution >= 0.6 is 11.6 Å². The molecule has 0 bridgehead atoms. The van der Waals surface area contributed by atoms with Gasteiger partial charge in [0.05, 0.1) is 14.2 Å². The molecule has 1 saturated heterocycles. The first kappa shape index (κ1) is 22.4. The second kappa shape index (κ2) is 10.2. The number of halogens is 1. The molecule has 1 aliphatic heterocycles. The van der Waals surface area contributed by atoms with Crippen molar-refractivity contribution in [3.63, 3.8) is 0 Å². The minimum atomic E-state index is -0.426. The number of nitrogens with zero attached hydrogens (tertiary/aromatic N) is 1. The van der Waals surface area contributed by atoms with Gasteiger partial charge in [-0.1, -0.05) is 11.6 Å². The number of carbonyl (C=O) groups is 3. The van der Waals surface area contributed by atoms with Crippen LogP contribution in [0.5, 0.6) is 11.5 Å². The lowest BCUT2D eigenvalue weighted by molar-refractivity contribution is -0.127. The fourth-order valence-electron chi connectivity index (χ4n) is 3.35. The van der Waals surface area contributed by atoms with E-state index in [9.17, 15) is 14.4 Å². The van der Waals surface area contributed by atoms with E-state index >= 15 is 0 Å². The van der Waals surface area contributed by atoms with Crippen molar-refractivity contribution >= 4 is 29.3 Å². The smallest absolute Gasteiger partial charge is 0.269 e. The van der Waals surface area contributed by atoms with Crippen molar-refractivity contribution in [1.29, 1.82) is 0 Å². The molecule has 3 amide bonds. The number of rotatable bonds is 5. The zero-order valence-electron chi connectivity index (χ0n) is 17.3. The average molecular weight is 446 g/mol. The summed E-state index contributed by atoms with van der Waals surface area (Å²) in [5.41, 5.74) is 5.73. The number of ether oxygens (including phenoxy) is 2. The minimum absolute atomic E-state index is 0.146. The molecule has 8 nitrogen and oxygen atoms in total. The van der Waals surface area contributed by atoms with Crippen LogP contribution in [-0.4, -0.2) is 49.9 Å². The van der Waals surface area contributed by atoms with E-state index in [1.54, 1.807) is 47.4 Å². The summed E-state index contributed by atoms with van der Waals surface area (Å²) in [5, 5.41) is 0.522. The van der Waals surface area contributed by atoms with E-state index in [0.717, 1.165) is 0 Å². The second-order valence-electron chi connectivity index (χ2n) is 7.12. The summed E-state index contributed by atoms with van der Waals surface area (Å²) in [5.74, 6) is -0.0784. The Kier molecular flexibility index (Phi) is 7.36. The summed E-state index contributed by atoms with van der Waals surface area (Å²) >= 11 is 5.81. The van der Waals surface area contributed by atoms with E-state index in [1.807, 2.05) is 0 Å². The van der Waals surface area contributed by atoms with Gasteiger partial charge in [0.25, 0.3) is 11.8 Å². The molecule has 0 atom stereocenters. The highest BCUT2D eigenvalue weighted by molar-refractivity contribution is 6.30. The predicted octanol–water partition coefficient (Wildman–Crippen LogP) is 2.67. The van der Waals surface area contributed by atoms with Crippen LogP contribution in [0.2, 0.25) is 5.02 Å². The molecule has 0 aliphatic carbocycles. The van der Waals surface area contributed by atoms with Crippen LogP contribution in [0.4, 0.5) is 0 Å². The first-order valence-corrected chi connectivity index (χ1v) is 10.2. The van der Waals surface area contributed by atoms with Crippen molar-refractivity contribution in [2.45, 2.75) is 12.8 Å². The third-order valence-corrected chi connectivity index (χ3v) is 5.41. The van der Waals surface area contributed by atoms with Gasteiger partial charge < -0.3 is 14.4 Å². The highest BCUT2D eigenvalue weighted by Gasteiger charge is 2.28. The molecule has 2 aromatic carbocycles. The lowest BCUT2D eigenvalue weighted by Crippen LogP contribution is -2.48. The summed E-state index contributed by atoms with van der Waals surface area (Å²) in [6.07, 6.45) is 0.991. The maximum absolute atomic E-state index is 12.9. The monoisotopic (exact) mass is 445 g/mol. The zero-order chi connectivity index (χ0) is 22.4. The molecule has 1 fully saturated rings. The first-order valence-electron chi connectivity index (χ1n) is 9.79. The van der Waals surface area contributed by atoms with E-state index in [-0.39, 0.29) is 17.7 Å². The SMILES string of the molecule is COc1cc(OC)cc(C(=O)N2CCC(C(=O)NNC(=O)c3ccc(Cl)cc3)CC2)c1. The molecule has 0 radical (unpaired) electrons. The molecule has 0 aromatic heterocycles. The summed E-state index contributed by atoms with van der Waals surface area (Å²) in [6, 6.07) is 11.4. The van der Waals surface area contributed by atoms with Crippen molar-refractivity contribution in [3.05, 3.63) is 58.6 Å². The van der Waals surface area contributed by atoms with Gasteiger partial charge >= 0.3 is 0 Å². The van der Waals surface area contributed by atoms with Gasteiger partial charge in [-0.2, -0.15) is 0 Å². The number of hydrogen-bond acceptors (Lipinski definition) is 5. The molecular formula is C22H24ClN3O5. The maximum atomic E-state index is 12.9. The summed E-state index contributed by atoms with van der Waals surface area (Å²) in [4.78, 5) is 39.1. The maximum Gasteiger partial charge on any atom is 0.269 e. The molecule has 31 heavy (non-hydrogen) atoms. The molecule has 1 aliphatic rings. The molecule has 9 heteroatoms. The number of piperidine rings is 1. The van der Waals surface area contributed by atoms with Gasteiger partial charge in [-0.25, -0.2) is 0 Å². The third-order valence-electron chi connectivity index (χ3n) is 5.16. The molecule has 0 spiro atoms. The summed E-state index contributed by atoms with van der Waals surface area (Å²) < 4.78 is 10.4. The minimum Gasteiger partial charge on any atom is -0.497 e. The van der Waals surface area contributed by atoms with Crippen molar-refractivity contribution < 1.29 is 23.9 Å². The van der Waals surface area contributed by atoms with Crippen molar-refractivity contribution in [1.82, 2.24) is 15.8 Å². The number of carbonyl (C=O) groups excluding carboxylic acids is 3. The zero-order valence-corrected chi connectivity index (χ0v) is 18.1.